The van der Waals surface area contributed by atoms with E-state index in [0.29, 0.717) is 12.1 Å². The van der Waals surface area contributed by atoms with Gasteiger partial charge in [0, 0.05) is 12.1 Å². The van der Waals surface area contributed by atoms with Gasteiger partial charge in [-0.2, -0.15) is 0 Å². The van der Waals surface area contributed by atoms with Crippen LogP contribution in [0.3, 0.4) is 0 Å². The highest BCUT2D eigenvalue weighted by Crippen LogP contribution is 2.30. The van der Waals surface area contributed by atoms with Crippen molar-refractivity contribution in [2.45, 2.75) is 6.92 Å². The molecule has 0 aliphatic carbocycles. The van der Waals surface area contributed by atoms with Crippen LogP contribution < -0.4 is 4.90 Å². The Morgan fingerprint density at radius 3 is 2.83 bits per heavy atom. The number of hydrogen-bond donors (Lipinski definition) is 0. The van der Waals surface area contributed by atoms with Crippen LogP contribution in [-0.4, -0.2) is 22.4 Å². The molecule has 2 aromatic heterocycles. The topological polar surface area (TPSA) is 46.1 Å². The quantitative estimate of drug-likeness (QED) is 0.549. The van der Waals surface area contributed by atoms with E-state index in [1.807, 2.05) is 49.4 Å². The van der Waals surface area contributed by atoms with Gasteiger partial charge >= 0.3 is 0 Å². The van der Waals surface area contributed by atoms with E-state index in [1.54, 1.807) is 33.1 Å². The second-order valence-electron chi connectivity index (χ2n) is 5.05. The number of aromatic nitrogens is 2. The zero-order valence-electron chi connectivity index (χ0n) is 12.4. The van der Waals surface area contributed by atoms with E-state index in [2.05, 4.69) is 9.97 Å². The van der Waals surface area contributed by atoms with Crippen molar-refractivity contribution in [2.24, 2.45) is 0 Å². The molecule has 23 heavy (non-hydrogen) atoms. The first-order chi connectivity index (χ1) is 11.3. The van der Waals surface area contributed by atoms with Gasteiger partial charge in [-0.15, -0.1) is 11.3 Å². The minimum absolute atomic E-state index is 0.0261. The molecule has 0 saturated heterocycles. The summed E-state index contributed by atoms with van der Waals surface area (Å²) in [6, 6.07) is 13.6. The molecular formula is C17H13N3OS2. The molecule has 0 N–H and O–H groups in total. The number of amides is 1. The van der Waals surface area contributed by atoms with Crippen LogP contribution in [0, 0.1) is 0 Å². The van der Waals surface area contributed by atoms with Gasteiger partial charge in [-0.3, -0.25) is 9.69 Å². The molecule has 0 saturated carbocycles. The molecule has 0 spiro atoms. The Morgan fingerprint density at radius 2 is 2.00 bits per heavy atom. The van der Waals surface area contributed by atoms with Gasteiger partial charge in [0.15, 0.2) is 5.13 Å². The third-order valence-electron chi connectivity index (χ3n) is 3.65. The number of benzene rings is 2. The second-order valence-corrected chi connectivity index (χ2v) is 6.94. The summed E-state index contributed by atoms with van der Waals surface area (Å²) >= 11 is 3.09. The van der Waals surface area contributed by atoms with Crippen molar-refractivity contribution in [1.82, 2.24) is 9.97 Å². The minimum atomic E-state index is -0.0261. The molecule has 1 amide bonds. The highest BCUT2D eigenvalue weighted by molar-refractivity contribution is 7.22. The van der Waals surface area contributed by atoms with Gasteiger partial charge in [0.05, 0.1) is 25.9 Å². The van der Waals surface area contributed by atoms with E-state index >= 15 is 0 Å². The lowest BCUT2D eigenvalue weighted by Gasteiger charge is -2.17. The Hall–Kier alpha value is -2.31. The Morgan fingerprint density at radius 1 is 1.13 bits per heavy atom. The zero-order chi connectivity index (χ0) is 15.8. The van der Waals surface area contributed by atoms with Crippen LogP contribution in [0.2, 0.25) is 0 Å². The molecule has 2 heterocycles. The molecular weight excluding hydrogens is 326 g/mol. The minimum Gasteiger partial charge on any atom is -0.284 e. The number of nitrogens with zero attached hydrogens (tertiary/aromatic N) is 3. The number of para-hydroxylation sites is 1. The largest absolute Gasteiger partial charge is 0.284 e. The molecule has 0 aliphatic heterocycles. The Bertz CT molecular complexity index is 972. The average Bonchev–Trinajstić information content (AvgIpc) is 3.21. The van der Waals surface area contributed by atoms with Crippen LogP contribution in [0.1, 0.15) is 17.3 Å². The average molecular weight is 339 g/mol. The van der Waals surface area contributed by atoms with E-state index < -0.39 is 0 Å². The standard InChI is InChI=1S/C17H13N3OS2/c1-2-20(17-19-13-5-3-4-6-14(13)23-17)16(21)11-7-8-12-15(9-11)22-10-18-12/h3-10H,2H2,1H3. The molecule has 0 radical (unpaired) electrons. The molecule has 4 rings (SSSR count). The van der Waals surface area contributed by atoms with Gasteiger partial charge in [-0.05, 0) is 37.3 Å². The van der Waals surface area contributed by atoms with Crippen molar-refractivity contribution in [3.05, 3.63) is 53.5 Å². The number of anilines is 1. The molecule has 114 valence electrons. The summed E-state index contributed by atoms with van der Waals surface area (Å²) in [5.74, 6) is -0.0261. The third-order valence-corrected chi connectivity index (χ3v) is 5.50. The van der Waals surface area contributed by atoms with Crippen LogP contribution in [0.15, 0.2) is 48.0 Å². The van der Waals surface area contributed by atoms with Gasteiger partial charge in [0.25, 0.3) is 5.91 Å². The van der Waals surface area contributed by atoms with Gasteiger partial charge in [0.2, 0.25) is 0 Å². The van der Waals surface area contributed by atoms with Crippen LogP contribution in [0.25, 0.3) is 20.4 Å². The number of carbonyl (C=O) groups is 1. The number of fused-ring (bicyclic) bond motifs is 2. The number of carbonyl (C=O) groups excluding carboxylic acids is 1. The van der Waals surface area contributed by atoms with Crippen molar-refractivity contribution in [3.8, 4) is 0 Å². The fourth-order valence-corrected chi connectivity index (χ4v) is 4.23. The van der Waals surface area contributed by atoms with Crippen LogP contribution in [0.4, 0.5) is 5.13 Å². The van der Waals surface area contributed by atoms with Crippen molar-refractivity contribution in [1.29, 1.82) is 0 Å². The van der Waals surface area contributed by atoms with Crippen molar-refractivity contribution in [3.63, 3.8) is 0 Å². The van der Waals surface area contributed by atoms with Gasteiger partial charge in [-0.25, -0.2) is 9.97 Å². The first kappa shape index (κ1) is 14.3. The second kappa shape index (κ2) is 5.72. The summed E-state index contributed by atoms with van der Waals surface area (Å²) in [4.78, 5) is 23.5. The summed E-state index contributed by atoms with van der Waals surface area (Å²) in [7, 11) is 0. The number of rotatable bonds is 3. The van der Waals surface area contributed by atoms with Crippen molar-refractivity contribution >= 4 is 54.1 Å². The highest BCUT2D eigenvalue weighted by atomic mass is 32.1. The smallest absolute Gasteiger partial charge is 0.260 e. The predicted molar refractivity (Wildman–Crippen MR) is 96.6 cm³/mol. The summed E-state index contributed by atoms with van der Waals surface area (Å²) in [6.07, 6.45) is 0. The molecule has 6 heteroatoms. The van der Waals surface area contributed by atoms with Crippen LogP contribution in [-0.2, 0) is 0 Å². The Kier molecular flexibility index (Phi) is 3.55. The zero-order valence-corrected chi connectivity index (χ0v) is 14.0. The monoisotopic (exact) mass is 339 g/mol. The lowest BCUT2D eigenvalue weighted by Crippen LogP contribution is -2.30. The van der Waals surface area contributed by atoms with Gasteiger partial charge < -0.3 is 0 Å². The molecule has 4 nitrogen and oxygen atoms in total. The fraction of sp³-hybridized carbons (Fsp3) is 0.118. The molecule has 4 aromatic rings. The van der Waals surface area contributed by atoms with E-state index in [-0.39, 0.29) is 5.91 Å². The van der Waals surface area contributed by atoms with Crippen molar-refractivity contribution < 1.29 is 4.79 Å². The molecule has 2 aromatic carbocycles. The number of hydrogen-bond acceptors (Lipinski definition) is 5. The van der Waals surface area contributed by atoms with E-state index in [1.165, 1.54) is 0 Å². The maximum atomic E-state index is 12.9. The maximum Gasteiger partial charge on any atom is 0.260 e. The summed E-state index contributed by atoms with van der Waals surface area (Å²) in [6.45, 7) is 2.55. The number of thiazole rings is 2. The Labute approximate surface area is 141 Å². The highest BCUT2D eigenvalue weighted by Gasteiger charge is 2.20. The van der Waals surface area contributed by atoms with Gasteiger partial charge in [0.1, 0.15) is 0 Å². The lowest BCUT2D eigenvalue weighted by molar-refractivity contribution is 0.0988. The van der Waals surface area contributed by atoms with E-state index in [0.717, 1.165) is 25.6 Å². The summed E-state index contributed by atoms with van der Waals surface area (Å²) in [5, 5.41) is 0.739. The molecule has 0 aliphatic rings. The first-order valence-corrected chi connectivity index (χ1v) is 8.96. The molecule has 0 unspecified atom stereocenters. The molecule has 0 bridgehead atoms. The van der Waals surface area contributed by atoms with Crippen LogP contribution >= 0.6 is 22.7 Å². The molecule has 0 atom stereocenters. The predicted octanol–water partition coefficient (Wildman–Crippen LogP) is 4.57. The first-order valence-electron chi connectivity index (χ1n) is 7.27. The van der Waals surface area contributed by atoms with Crippen LogP contribution in [0.5, 0.6) is 0 Å². The van der Waals surface area contributed by atoms with Gasteiger partial charge in [-0.1, -0.05) is 23.5 Å². The maximum absolute atomic E-state index is 12.9. The van der Waals surface area contributed by atoms with E-state index in [9.17, 15) is 4.79 Å². The summed E-state index contributed by atoms with van der Waals surface area (Å²) in [5.41, 5.74) is 4.32. The summed E-state index contributed by atoms with van der Waals surface area (Å²) < 4.78 is 2.11. The normalized spacial score (nSPS) is 11.2. The SMILES string of the molecule is CCN(C(=O)c1ccc2ncsc2c1)c1nc2ccccc2s1. The Balaban J connectivity index is 1.74. The van der Waals surface area contributed by atoms with Crippen molar-refractivity contribution in [2.75, 3.05) is 11.4 Å². The molecule has 0 fully saturated rings. The fourth-order valence-electron chi connectivity index (χ4n) is 2.49. The van der Waals surface area contributed by atoms with E-state index in [4.69, 9.17) is 0 Å². The lowest BCUT2D eigenvalue weighted by atomic mass is 10.2. The third kappa shape index (κ3) is 2.50.